The summed E-state index contributed by atoms with van der Waals surface area (Å²) >= 11 is 2.87. The van der Waals surface area contributed by atoms with Gasteiger partial charge in [0.25, 0.3) is 0 Å². The molecule has 0 spiro atoms. The van der Waals surface area contributed by atoms with E-state index in [2.05, 4.69) is 9.36 Å². The lowest BCUT2D eigenvalue weighted by molar-refractivity contribution is 0.625. The number of hydrogen-bond acceptors (Lipinski definition) is 5. The van der Waals surface area contributed by atoms with Gasteiger partial charge in [0.05, 0.1) is 0 Å². The van der Waals surface area contributed by atoms with Gasteiger partial charge in [0.15, 0.2) is 4.34 Å². The van der Waals surface area contributed by atoms with Crippen LogP contribution in [0.1, 0.15) is 16.6 Å². The van der Waals surface area contributed by atoms with Crippen molar-refractivity contribution >= 4 is 23.3 Å². The van der Waals surface area contributed by atoms with E-state index >= 15 is 0 Å². The van der Waals surface area contributed by atoms with Crippen molar-refractivity contribution in [1.82, 2.24) is 9.36 Å². The maximum absolute atomic E-state index is 13.1. The zero-order valence-electron chi connectivity index (χ0n) is 9.26. The van der Waals surface area contributed by atoms with E-state index in [9.17, 15) is 4.39 Å². The Morgan fingerprint density at radius 2 is 2.35 bits per heavy atom. The molecule has 0 saturated heterocycles. The first-order valence-electron chi connectivity index (χ1n) is 5.11. The molecule has 1 atom stereocenters. The van der Waals surface area contributed by atoms with Gasteiger partial charge in [-0.05, 0) is 36.2 Å². The third-order valence-electron chi connectivity index (χ3n) is 2.19. The minimum absolute atomic E-state index is 0.0121. The fourth-order valence-electron chi connectivity index (χ4n) is 1.41. The van der Waals surface area contributed by atoms with Crippen LogP contribution >= 0.6 is 23.3 Å². The van der Waals surface area contributed by atoms with E-state index in [1.54, 1.807) is 6.07 Å². The second-order valence-corrected chi connectivity index (χ2v) is 5.71. The Morgan fingerprint density at radius 3 is 2.94 bits per heavy atom. The second kappa shape index (κ2) is 5.57. The Morgan fingerprint density at radius 1 is 1.53 bits per heavy atom. The van der Waals surface area contributed by atoms with E-state index in [-0.39, 0.29) is 11.1 Å². The Kier molecular flexibility index (Phi) is 4.09. The quantitative estimate of drug-likeness (QED) is 0.867. The number of nitrogens with zero attached hydrogens (tertiary/aromatic N) is 2. The molecule has 2 rings (SSSR count). The summed E-state index contributed by atoms with van der Waals surface area (Å²) in [5.74, 6) is 0.516. The average Bonchev–Trinajstić information content (AvgIpc) is 2.72. The lowest BCUT2D eigenvalue weighted by Crippen LogP contribution is -2.09. The highest BCUT2D eigenvalue weighted by atomic mass is 32.2. The molecule has 1 aromatic carbocycles. The molecule has 0 aliphatic carbocycles. The smallest absolute Gasteiger partial charge is 0.170 e. The third-order valence-corrected chi connectivity index (χ3v) is 4.34. The van der Waals surface area contributed by atoms with Crippen molar-refractivity contribution in [2.24, 2.45) is 5.73 Å². The molecule has 0 radical (unpaired) electrons. The summed E-state index contributed by atoms with van der Waals surface area (Å²) in [6.45, 7) is 2.28. The number of halogens is 1. The number of rotatable bonds is 4. The van der Waals surface area contributed by atoms with Crippen molar-refractivity contribution in [3.8, 4) is 0 Å². The zero-order valence-corrected chi connectivity index (χ0v) is 10.9. The Balaban J connectivity index is 2.16. The maximum atomic E-state index is 13.1. The van der Waals surface area contributed by atoms with Crippen LogP contribution in [0.25, 0.3) is 0 Å². The van der Waals surface area contributed by atoms with Crippen molar-refractivity contribution in [3.05, 3.63) is 41.5 Å². The zero-order chi connectivity index (χ0) is 12.3. The molecule has 3 nitrogen and oxygen atoms in total. The van der Waals surface area contributed by atoms with Crippen LogP contribution in [0.5, 0.6) is 0 Å². The van der Waals surface area contributed by atoms with E-state index < -0.39 is 0 Å². The fourth-order valence-corrected chi connectivity index (χ4v) is 3.27. The van der Waals surface area contributed by atoms with Crippen LogP contribution in [-0.4, -0.2) is 15.9 Å². The SMILES string of the molecule is Cc1nsc(SC(CN)c2cccc(F)c2)n1. The molecule has 6 heteroatoms. The molecular formula is C11H12FN3S2. The van der Waals surface area contributed by atoms with Crippen molar-refractivity contribution < 1.29 is 4.39 Å². The maximum Gasteiger partial charge on any atom is 0.170 e. The first kappa shape index (κ1) is 12.5. The van der Waals surface area contributed by atoms with E-state index in [1.807, 2.05) is 13.0 Å². The van der Waals surface area contributed by atoms with Gasteiger partial charge < -0.3 is 5.73 Å². The summed E-state index contributed by atoms with van der Waals surface area (Å²) in [7, 11) is 0. The number of aromatic nitrogens is 2. The minimum atomic E-state index is -0.241. The van der Waals surface area contributed by atoms with E-state index in [0.717, 1.165) is 15.7 Å². The van der Waals surface area contributed by atoms with Crippen molar-refractivity contribution in [3.63, 3.8) is 0 Å². The van der Waals surface area contributed by atoms with Crippen LogP contribution < -0.4 is 5.73 Å². The Bertz CT molecular complexity index is 501. The highest BCUT2D eigenvalue weighted by Gasteiger charge is 2.14. The number of nitrogens with two attached hydrogens (primary N) is 1. The molecule has 0 aliphatic rings. The van der Waals surface area contributed by atoms with Gasteiger partial charge in [-0.2, -0.15) is 4.37 Å². The molecule has 2 aromatic rings. The molecule has 0 fully saturated rings. The standard InChI is InChI=1S/C11H12FN3S2/c1-7-14-11(17-15-7)16-10(6-13)8-3-2-4-9(12)5-8/h2-5,10H,6,13H2,1H3. The molecule has 1 unspecified atom stereocenters. The van der Waals surface area contributed by atoms with E-state index in [0.29, 0.717) is 6.54 Å². The highest BCUT2D eigenvalue weighted by molar-refractivity contribution is 8.01. The van der Waals surface area contributed by atoms with Crippen molar-refractivity contribution in [1.29, 1.82) is 0 Å². The molecule has 0 saturated carbocycles. The van der Waals surface area contributed by atoms with E-state index in [1.165, 1.54) is 35.4 Å². The summed E-state index contributed by atoms with van der Waals surface area (Å²) in [5, 5.41) is 0.0121. The predicted molar refractivity (Wildman–Crippen MR) is 68.7 cm³/mol. The van der Waals surface area contributed by atoms with Crippen molar-refractivity contribution in [2.75, 3.05) is 6.54 Å². The number of benzene rings is 1. The summed E-state index contributed by atoms with van der Waals surface area (Å²) in [5.41, 5.74) is 6.60. The number of hydrogen-bond donors (Lipinski definition) is 1. The van der Waals surface area contributed by atoms with Crippen LogP contribution in [0.3, 0.4) is 0 Å². The molecule has 17 heavy (non-hydrogen) atoms. The topological polar surface area (TPSA) is 51.8 Å². The number of aryl methyl sites for hydroxylation is 1. The monoisotopic (exact) mass is 269 g/mol. The second-order valence-electron chi connectivity index (χ2n) is 3.50. The van der Waals surface area contributed by atoms with Gasteiger partial charge in [-0.25, -0.2) is 9.37 Å². The molecule has 0 aliphatic heterocycles. The van der Waals surface area contributed by atoms with Crippen molar-refractivity contribution in [2.45, 2.75) is 16.5 Å². The Labute approximate surface area is 107 Å². The lowest BCUT2D eigenvalue weighted by atomic mass is 10.1. The van der Waals surface area contributed by atoms with Crippen LogP contribution in [0, 0.1) is 12.7 Å². The summed E-state index contributed by atoms with van der Waals surface area (Å²) in [4.78, 5) is 4.27. The molecule has 1 aromatic heterocycles. The summed E-state index contributed by atoms with van der Waals surface area (Å²) in [6, 6.07) is 6.51. The van der Waals surface area contributed by atoms with Gasteiger partial charge in [0.2, 0.25) is 0 Å². The van der Waals surface area contributed by atoms with Crippen LogP contribution in [0.4, 0.5) is 4.39 Å². The molecule has 90 valence electrons. The van der Waals surface area contributed by atoms with Gasteiger partial charge in [-0.15, -0.1) is 0 Å². The Hall–Kier alpha value is -0.980. The van der Waals surface area contributed by atoms with Gasteiger partial charge in [0, 0.05) is 11.8 Å². The third kappa shape index (κ3) is 3.24. The first-order chi connectivity index (χ1) is 8.19. The van der Waals surface area contributed by atoms with Crippen LogP contribution in [0.15, 0.2) is 28.6 Å². The van der Waals surface area contributed by atoms with Gasteiger partial charge >= 0.3 is 0 Å². The minimum Gasteiger partial charge on any atom is -0.329 e. The summed E-state index contributed by atoms with van der Waals surface area (Å²) in [6.07, 6.45) is 0. The van der Waals surface area contributed by atoms with Crippen LogP contribution in [-0.2, 0) is 0 Å². The van der Waals surface area contributed by atoms with Gasteiger partial charge in [0.1, 0.15) is 11.6 Å². The first-order valence-corrected chi connectivity index (χ1v) is 6.77. The largest absolute Gasteiger partial charge is 0.329 e. The molecule has 0 amide bonds. The average molecular weight is 269 g/mol. The highest BCUT2D eigenvalue weighted by Crippen LogP contribution is 2.35. The van der Waals surface area contributed by atoms with E-state index in [4.69, 9.17) is 5.73 Å². The number of thioether (sulfide) groups is 1. The predicted octanol–water partition coefficient (Wildman–Crippen LogP) is 2.78. The molecule has 2 N–H and O–H groups in total. The molecular weight excluding hydrogens is 257 g/mol. The van der Waals surface area contributed by atoms with Crippen LogP contribution in [0.2, 0.25) is 0 Å². The summed E-state index contributed by atoms with van der Waals surface area (Å²) < 4.78 is 18.1. The fraction of sp³-hybridized carbons (Fsp3) is 0.273. The lowest BCUT2D eigenvalue weighted by Gasteiger charge is -2.12. The van der Waals surface area contributed by atoms with Gasteiger partial charge in [-0.1, -0.05) is 23.9 Å². The molecule has 0 bridgehead atoms. The normalized spacial score (nSPS) is 12.6. The molecule has 1 heterocycles. The van der Waals surface area contributed by atoms with Gasteiger partial charge in [-0.3, -0.25) is 0 Å².